The molecule has 0 spiro atoms. The zero-order valence-electron chi connectivity index (χ0n) is 6.54. The first-order chi connectivity index (χ1) is 5.47. The molecule has 2 amide bonds. The molecule has 1 aliphatic rings. The Kier molecular flexibility index (Phi) is 2.03. The number of primary amides is 2. The minimum Gasteiger partial charge on any atom is -0.370 e. The zero-order chi connectivity index (χ0) is 9.35. The average Bonchev–Trinajstić information content (AvgIpc) is 1.96. The highest BCUT2D eigenvalue weighted by Crippen LogP contribution is 2.23. The van der Waals surface area contributed by atoms with E-state index in [2.05, 4.69) is 5.32 Å². The van der Waals surface area contributed by atoms with Crippen molar-refractivity contribution in [3.8, 4) is 0 Å². The van der Waals surface area contributed by atoms with Crippen LogP contribution in [0.25, 0.3) is 0 Å². The van der Waals surface area contributed by atoms with Gasteiger partial charge < -0.3 is 17.2 Å². The highest BCUT2D eigenvalue weighted by atomic mass is 16.2. The predicted molar refractivity (Wildman–Crippen MR) is 41.4 cm³/mol. The Morgan fingerprint density at radius 2 is 2.08 bits per heavy atom. The third-order valence-corrected chi connectivity index (χ3v) is 2.14. The molecule has 0 bridgehead atoms. The Balaban J connectivity index is 2.59. The maximum absolute atomic E-state index is 10.8. The summed E-state index contributed by atoms with van der Waals surface area (Å²) in [5, 5.41) is 2.67. The van der Waals surface area contributed by atoms with Crippen molar-refractivity contribution < 1.29 is 9.59 Å². The van der Waals surface area contributed by atoms with Gasteiger partial charge in [0, 0.05) is 18.9 Å². The van der Waals surface area contributed by atoms with E-state index in [0.717, 1.165) is 0 Å². The molecule has 2 unspecified atom stereocenters. The minimum atomic E-state index is -1.24. The lowest BCUT2D eigenvalue weighted by molar-refractivity contribution is -0.132. The Labute approximate surface area is 69.5 Å². The summed E-state index contributed by atoms with van der Waals surface area (Å²) in [5.74, 6) is -1.40. The summed E-state index contributed by atoms with van der Waals surface area (Å²) in [7, 11) is 0. The molecule has 1 rings (SSSR count). The van der Waals surface area contributed by atoms with Crippen LogP contribution in [0.4, 0.5) is 0 Å². The molecular weight excluding hydrogens is 160 g/mol. The van der Waals surface area contributed by atoms with Gasteiger partial charge in [0.05, 0.1) is 0 Å². The van der Waals surface area contributed by atoms with Gasteiger partial charge in [-0.25, -0.2) is 0 Å². The summed E-state index contributed by atoms with van der Waals surface area (Å²) in [6.45, 7) is 0.502. The first kappa shape index (κ1) is 8.95. The molecule has 1 aliphatic heterocycles. The van der Waals surface area contributed by atoms with Gasteiger partial charge in [0.15, 0.2) is 5.66 Å². The molecule has 1 saturated heterocycles. The largest absolute Gasteiger partial charge is 0.370 e. The van der Waals surface area contributed by atoms with E-state index in [-0.39, 0.29) is 12.3 Å². The molecule has 0 aliphatic carbocycles. The summed E-state index contributed by atoms with van der Waals surface area (Å²) in [4.78, 5) is 21.3. The first-order valence-electron chi connectivity index (χ1n) is 3.59. The molecule has 0 saturated carbocycles. The molecule has 0 aromatic heterocycles. The van der Waals surface area contributed by atoms with E-state index in [1.807, 2.05) is 0 Å². The van der Waals surface area contributed by atoms with Crippen molar-refractivity contribution in [2.75, 3.05) is 6.54 Å². The maximum atomic E-state index is 10.8. The van der Waals surface area contributed by atoms with Gasteiger partial charge in [0.2, 0.25) is 5.91 Å². The summed E-state index contributed by atoms with van der Waals surface area (Å²) in [6.07, 6.45) is 0.0897. The predicted octanol–water partition coefficient (Wildman–Crippen LogP) is -2.78. The van der Waals surface area contributed by atoms with Gasteiger partial charge in [0.1, 0.15) is 0 Å². The Bertz CT molecular complexity index is 230. The van der Waals surface area contributed by atoms with Gasteiger partial charge in [-0.05, 0) is 0 Å². The van der Waals surface area contributed by atoms with Crippen LogP contribution in [0, 0.1) is 5.92 Å². The molecule has 6 heteroatoms. The summed E-state index contributed by atoms with van der Waals surface area (Å²) in [5.41, 5.74) is 14.3. The van der Waals surface area contributed by atoms with Crippen molar-refractivity contribution in [2.45, 2.75) is 12.1 Å². The SMILES string of the molecule is NC(=O)CC1CNC1(N)C(N)=O. The number of amides is 2. The van der Waals surface area contributed by atoms with Crippen LogP contribution >= 0.6 is 0 Å². The Hall–Kier alpha value is -1.14. The van der Waals surface area contributed by atoms with Crippen LogP contribution in [0.15, 0.2) is 0 Å². The third kappa shape index (κ3) is 1.26. The third-order valence-electron chi connectivity index (χ3n) is 2.14. The molecule has 0 radical (unpaired) electrons. The van der Waals surface area contributed by atoms with Gasteiger partial charge >= 0.3 is 0 Å². The molecular formula is C6H12N4O2. The van der Waals surface area contributed by atoms with Crippen molar-refractivity contribution in [1.29, 1.82) is 0 Å². The van der Waals surface area contributed by atoms with Crippen molar-refractivity contribution in [1.82, 2.24) is 5.32 Å². The second-order valence-electron chi connectivity index (χ2n) is 2.98. The van der Waals surface area contributed by atoms with Crippen molar-refractivity contribution in [3.05, 3.63) is 0 Å². The lowest BCUT2D eigenvalue weighted by Gasteiger charge is -2.44. The molecule has 68 valence electrons. The molecule has 0 aromatic carbocycles. The van der Waals surface area contributed by atoms with Crippen LogP contribution in [0.2, 0.25) is 0 Å². The highest BCUT2D eigenvalue weighted by Gasteiger charge is 2.48. The standard InChI is InChI=1S/C6H12N4O2/c7-4(11)1-3-2-10-6(3,9)5(8)12/h3,10H,1-2,9H2,(H2,7,11)(H2,8,12). The number of nitrogens with two attached hydrogens (primary N) is 3. The molecule has 1 heterocycles. The molecule has 7 N–H and O–H groups in total. The van der Waals surface area contributed by atoms with E-state index in [1.165, 1.54) is 0 Å². The number of rotatable bonds is 3. The fourth-order valence-electron chi connectivity index (χ4n) is 1.23. The van der Waals surface area contributed by atoms with Crippen molar-refractivity contribution in [3.63, 3.8) is 0 Å². The van der Waals surface area contributed by atoms with Crippen LogP contribution < -0.4 is 22.5 Å². The van der Waals surface area contributed by atoms with Crippen LogP contribution in [-0.4, -0.2) is 24.0 Å². The van der Waals surface area contributed by atoms with E-state index in [4.69, 9.17) is 17.2 Å². The smallest absolute Gasteiger partial charge is 0.252 e. The minimum absolute atomic E-state index is 0.0897. The van der Waals surface area contributed by atoms with E-state index in [1.54, 1.807) is 0 Å². The molecule has 12 heavy (non-hydrogen) atoms. The Morgan fingerprint density at radius 1 is 1.50 bits per heavy atom. The average molecular weight is 172 g/mol. The first-order valence-corrected chi connectivity index (χ1v) is 3.59. The molecule has 0 aromatic rings. The fraction of sp³-hybridized carbons (Fsp3) is 0.667. The topological polar surface area (TPSA) is 124 Å². The monoisotopic (exact) mass is 172 g/mol. The number of hydrogen-bond donors (Lipinski definition) is 4. The van der Waals surface area contributed by atoms with Gasteiger partial charge in [-0.3, -0.25) is 14.9 Å². The van der Waals surface area contributed by atoms with E-state index in [9.17, 15) is 9.59 Å². The number of carbonyl (C=O) groups excluding carboxylic acids is 2. The highest BCUT2D eigenvalue weighted by molar-refractivity contribution is 5.86. The van der Waals surface area contributed by atoms with Gasteiger partial charge in [-0.15, -0.1) is 0 Å². The van der Waals surface area contributed by atoms with Crippen molar-refractivity contribution in [2.24, 2.45) is 23.1 Å². The molecule has 2 atom stereocenters. The molecule has 6 nitrogen and oxygen atoms in total. The van der Waals surface area contributed by atoms with E-state index >= 15 is 0 Å². The zero-order valence-corrected chi connectivity index (χ0v) is 6.54. The fourth-order valence-corrected chi connectivity index (χ4v) is 1.23. The second-order valence-corrected chi connectivity index (χ2v) is 2.98. The van der Waals surface area contributed by atoms with Crippen LogP contribution in [0.3, 0.4) is 0 Å². The van der Waals surface area contributed by atoms with E-state index in [0.29, 0.717) is 6.54 Å². The quantitative estimate of drug-likeness (QED) is 0.367. The van der Waals surface area contributed by atoms with Gasteiger partial charge in [-0.1, -0.05) is 0 Å². The maximum Gasteiger partial charge on any atom is 0.252 e. The summed E-state index contributed by atoms with van der Waals surface area (Å²) in [6, 6.07) is 0. The van der Waals surface area contributed by atoms with Gasteiger partial charge in [-0.2, -0.15) is 0 Å². The number of carbonyl (C=O) groups is 2. The summed E-state index contributed by atoms with van der Waals surface area (Å²) >= 11 is 0. The lowest BCUT2D eigenvalue weighted by Crippen LogP contribution is -2.77. The normalized spacial score (nSPS) is 33.9. The molecule has 1 fully saturated rings. The lowest BCUT2D eigenvalue weighted by atomic mass is 9.82. The number of nitrogens with one attached hydrogen (secondary N) is 1. The van der Waals surface area contributed by atoms with Crippen molar-refractivity contribution >= 4 is 11.8 Å². The van der Waals surface area contributed by atoms with Gasteiger partial charge in [0.25, 0.3) is 5.91 Å². The van der Waals surface area contributed by atoms with Crippen LogP contribution in [0.1, 0.15) is 6.42 Å². The van der Waals surface area contributed by atoms with Crippen LogP contribution in [-0.2, 0) is 9.59 Å². The second kappa shape index (κ2) is 2.72. The van der Waals surface area contributed by atoms with Crippen LogP contribution in [0.5, 0.6) is 0 Å². The van der Waals surface area contributed by atoms with E-state index < -0.39 is 17.5 Å². The Morgan fingerprint density at radius 3 is 2.33 bits per heavy atom. The summed E-state index contributed by atoms with van der Waals surface area (Å²) < 4.78 is 0. The number of hydrogen-bond acceptors (Lipinski definition) is 4.